The molecule has 0 atom stereocenters. The summed E-state index contributed by atoms with van der Waals surface area (Å²) in [7, 11) is -3.55. The zero-order valence-electron chi connectivity index (χ0n) is 16.7. The summed E-state index contributed by atoms with van der Waals surface area (Å²) in [5, 5.41) is 4.77. The van der Waals surface area contributed by atoms with E-state index in [1.807, 2.05) is 0 Å². The molecule has 2 N–H and O–H groups in total. The Morgan fingerprint density at radius 3 is 2.40 bits per heavy atom. The van der Waals surface area contributed by atoms with Gasteiger partial charge in [-0.25, -0.2) is 13.2 Å². The van der Waals surface area contributed by atoms with Gasteiger partial charge in [-0.15, -0.1) is 0 Å². The van der Waals surface area contributed by atoms with E-state index >= 15 is 0 Å². The van der Waals surface area contributed by atoms with Crippen LogP contribution in [0.25, 0.3) is 0 Å². The second-order valence-corrected chi connectivity index (χ2v) is 8.91. The van der Waals surface area contributed by atoms with Gasteiger partial charge < -0.3 is 15.4 Å². The third kappa shape index (κ3) is 6.38. The quantitative estimate of drug-likeness (QED) is 0.605. The van der Waals surface area contributed by atoms with Crippen molar-refractivity contribution in [3.63, 3.8) is 0 Å². The van der Waals surface area contributed by atoms with Crippen molar-refractivity contribution in [2.45, 2.75) is 44.4 Å². The lowest BCUT2D eigenvalue weighted by Crippen LogP contribution is -2.21. The molecule has 0 bridgehead atoms. The van der Waals surface area contributed by atoms with Crippen LogP contribution in [0.4, 0.5) is 29.3 Å². The first-order chi connectivity index (χ1) is 13.9. The number of rotatable bonds is 7. The van der Waals surface area contributed by atoms with Gasteiger partial charge in [-0.3, -0.25) is 0 Å². The molecule has 0 aliphatic rings. The molecule has 0 fully saturated rings. The summed E-state index contributed by atoms with van der Waals surface area (Å²) in [5.74, 6) is 0.174. The summed E-state index contributed by atoms with van der Waals surface area (Å²) < 4.78 is 68.8. The maximum Gasteiger partial charge on any atom is 0.416 e. The predicted molar refractivity (Wildman–Crippen MR) is 109 cm³/mol. The second kappa shape index (κ2) is 9.38. The second-order valence-electron chi connectivity index (χ2n) is 6.80. The average molecular weight is 444 g/mol. The van der Waals surface area contributed by atoms with Crippen LogP contribution < -0.4 is 15.4 Å². The Morgan fingerprint density at radius 1 is 1.10 bits per heavy atom. The highest BCUT2D eigenvalue weighted by Crippen LogP contribution is 2.32. The predicted octanol–water partition coefficient (Wildman–Crippen LogP) is 5.32. The Morgan fingerprint density at radius 2 is 1.80 bits per heavy atom. The van der Waals surface area contributed by atoms with Gasteiger partial charge in [0.25, 0.3) is 0 Å². The highest BCUT2D eigenvalue weighted by atomic mass is 32.2. The molecule has 2 amide bonds. The molecular weight excluding hydrogens is 421 g/mol. The Labute approximate surface area is 173 Å². The van der Waals surface area contributed by atoms with E-state index in [0.717, 1.165) is 12.1 Å². The molecule has 0 aliphatic carbocycles. The van der Waals surface area contributed by atoms with Crippen LogP contribution >= 0.6 is 0 Å². The van der Waals surface area contributed by atoms with Crippen molar-refractivity contribution in [3.05, 3.63) is 48.0 Å². The summed E-state index contributed by atoms with van der Waals surface area (Å²) in [6, 6.07) is 7.42. The number of anilines is 2. The first-order valence-electron chi connectivity index (χ1n) is 9.21. The van der Waals surface area contributed by atoms with Crippen molar-refractivity contribution < 1.29 is 31.1 Å². The molecule has 0 spiro atoms. The molecule has 30 heavy (non-hydrogen) atoms. The molecule has 2 aromatic carbocycles. The zero-order chi connectivity index (χ0) is 22.5. The smallest absolute Gasteiger partial charge is 0.416 e. The SMILES string of the molecule is CCCS(=O)(=O)c1ccc(OC(C)C)c(NC(=O)Nc2cccc(C(F)(F)F)c2)c1. The number of ether oxygens (including phenoxy) is 1. The number of alkyl halides is 3. The lowest BCUT2D eigenvalue weighted by molar-refractivity contribution is -0.137. The molecule has 2 rings (SSSR count). The molecule has 0 saturated heterocycles. The Bertz CT molecular complexity index is 1010. The molecule has 0 heterocycles. The van der Waals surface area contributed by atoms with Crippen LogP contribution in [0.5, 0.6) is 5.75 Å². The molecule has 0 aliphatic heterocycles. The van der Waals surface area contributed by atoms with Crippen LogP contribution in [0.3, 0.4) is 0 Å². The zero-order valence-corrected chi connectivity index (χ0v) is 17.5. The number of carbonyl (C=O) groups is 1. The molecule has 164 valence electrons. The van der Waals surface area contributed by atoms with Crippen molar-refractivity contribution >= 4 is 27.2 Å². The Kier molecular flexibility index (Phi) is 7.35. The fourth-order valence-electron chi connectivity index (χ4n) is 2.60. The third-order valence-corrected chi connectivity index (χ3v) is 5.76. The third-order valence-electron chi connectivity index (χ3n) is 3.84. The number of hydrogen-bond acceptors (Lipinski definition) is 4. The first-order valence-corrected chi connectivity index (χ1v) is 10.9. The van der Waals surface area contributed by atoms with Gasteiger partial charge in [-0.2, -0.15) is 13.2 Å². The molecule has 0 radical (unpaired) electrons. The van der Waals surface area contributed by atoms with Gasteiger partial charge >= 0.3 is 12.2 Å². The van der Waals surface area contributed by atoms with Gasteiger partial charge in [0.2, 0.25) is 0 Å². The molecule has 0 unspecified atom stereocenters. The fraction of sp³-hybridized carbons (Fsp3) is 0.350. The van der Waals surface area contributed by atoms with E-state index in [9.17, 15) is 26.4 Å². The number of carbonyl (C=O) groups excluding carboxylic acids is 1. The maximum atomic E-state index is 12.8. The largest absolute Gasteiger partial charge is 0.489 e. The van der Waals surface area contributed by atoms with E-state index < -0.39 is 27.6 Å². The van der Waals surface area contributed by atoms with Gasteiger partial charge in [0, 0.05) is 5.69 Å². The minimum atomic E-state index is -4.55. The van der Waals surface area contributed by atoms with Gasteiger partial charge in [-0.1, -0.05) is 13.0 Å². The van der Waals surface area contributed by atoms with Crippen molar-refractivity contribution in [1.82, 2.24) is 0 Å². The van der Waals surface area contributed by atoms with Crippen molar-refractivity contribution in [2.24, 2.45) is 0 Å². The minimum Gasteiger partial charge on any atom is -0.489 e. The summed E-state index contributed by atoms with van der Waals surface area (Å²) in [5.41, 5.74) is -0.884. The van der Waals surface area contributed by atoms with Gasteiger partial charge in [0.1, 0.15) is 5.75 Å². The van der Waals surface area contributed by atoms with E-state index in [2.05, 4.69) is 10.6 Å². The molecular formula is C20H23F3N2O4S. The van der Waals surface area contributed by atoms with Crippen molar-refractivity contribution in [3.8, 4) is 5.75 Å². The molecule has 6 nitrogen and oxygen atoms in total. The number of nitrogens with one attached hydrogen (secondary N) is 2. The van der Waals surface area contributed by atoms with E-state index in [-0.39, 0.29) is 33.9 Å². The number of benzene rings is 2. The highest BCUT2D eigenvalue weighted by Gasteiger charge is 2.30. The van der Waals surface area contributed by atoms with E-state index in [1.165, 1.54) is 30.3 Å². The van der Waals surface area contributed by atoms with Crippen LogP contribution in [0.1, 0.15) is 32.8 Å². The van der Waals surface area contributed by atoms with Gasteiger partial charge in [-0.05, 0) is 56.7 Å². The fourth-order valence-corrected chi connectivity index (χ4v) is 3.95. The summed E-state index contributed by atoms with van der Waals surface area (Å²) in [4.78, 5) is 12.4. The van der Waals surface area contributed by atoms with Crippen LogP contribution in [0, 0.1) is 0 Å². The normalized spacial score (nSPS) is 12.0. The van der Waals surface area contributed by atoms with E-state index in [0.29, 0.717) is 6.42 Å². The lowest BCUT2D eigenvalue weighted by Gasteiger charge is -2.17. The topological polar surface area (TPSA) is 84.5 Å². The summed E-state index contributed by atoms with van der Waals surface area (Å²) >= 11 is 0. The minimum absolute atomic E-state index is 0.00910. The van der Waals surface area contributed by atoms with E-state index in [1.54, 1.807) is 20.8 Å². The van der Waals surface area contributed by atoms with Crippen LogP contribution in [-0.4, -0.2) is 26.3 Å². The standard InChI is InChI=1S/C20H23F3N2O4S/c1-4-10-30(27,28)16-8-9-18(29-13(2)3)17(12-16)25-19(26)24-15-7-5-6-14(11-15)20(21,22)23/h5-9,11-13H,4,10H2,1-3H3,(H2,24,25,26). The molecule has 0 saturated carbocycles. The van der Waals surface area contributed by atoms with Gasteiger partial charge in [0.15, 0.2) is 9.84 Å². The van der Waals surface area contributed by atoms with Crippen molar-refractivity contribution in [1.29, 1.82) is 0 Å². The number of amides is 2. The van der Waals surface area contributed by atoms with Gasteiger partial charge in [0.05, 0.1) is 28.0 Å². The van der Waals surface area contributed by atoms with Crippen LogP contribution in [0.15, 0.2) is 47.4 Å². The van der Waals surface area contributed by atoms with Crippen molar-refractivity contribution in [2.75, 3.05) is 16.4 Å². The number of urea groups is 1. The molecule has 10 heteroatoms. The number of halogens is 3. The van der Waals surface area contributed by atoms with Crippen LogP contribution in [-0.2, 0) is 16.0 Å². The number of hydrogen-bond donors (Lipinski definition) is 2. The summed E-state index contributed by atoms with van der Waals surface area (Å²) in [6.45, 7) is 5.25. The number of sulfone groups is 1. The monoisotopic (exact) mass is 444 g/mol. The highest BCUT2D eigenvalue weighted by molar-refractivity contribution is 7.91. The summed E-state index contributed by atoms with van der Waals surface area (Å²) in [6.07, 6.45) is -4.38. The maximum absolute atomic E-state index is 12.8. The lowest BCUT2D eigenvalue weighted by atomic mass is 10.2. The Hall–Kier alpha value is -2.75. The Balaban J connectivity index is 2.29. The van der Waals surface area contributed by atoms with E-state index in [4.69, 9.17) is 4.74 Å². The average Bonchev–Trinajstić information content (AvgIpc) is 2.62. The molecule has 2 aromatic rings. The van der Waals surface area contributed by atoms with Crippen LogP contribution in [0.2, 0.25) is 0 Å². The molecule has 0 aromatic heterocycles. The first kappa shape index (κ1) is 23.5.